The van der Waals surface area contributed by atoms with Crippen LogP contribution in [-0.2, 0) is 14.3 Å². The predicted octanol–water partition coefficient (Wildman–Crippen LogP) is 5.91. The van der Waals surface area contributed by atoms with Crippen molar-refractivity contribution in [1.82, 2.24) is 45.3 Å². The zero-order chi connectivity index (χ0) is 39.4. The van der Waals surface area contributed by atoms with Gasteiger partial charge in [-0.3, -0.25) is 9.59 Å². The van der Waals surface area contributed by atoms with Crippen LogP contribution in [0.15, 0.2) is 73.1 Å². The second-order valence-corrected chi connectivity index (χ2v) is 15.0. The van der Waals surface area contributed by atoms with E-state index in [0.29, 0.717) is 18.9 Å². The van der Waals surface area contributed by atoms with Crippen molar-refractivity contribution in [3.63, 3.8) is 0 Å². The molecule has 0 bridgehead atoms. The van der Waals surface area contributed by atoms with Gasteiger partial charge in [-0.1, -0.05) is 88.4 Å². The number of carbonyl (C=O) groups is 4. The molecule has 4 heterocycles. The lowest BCUT2D eigenvalue weighted by atomic mass is 10.0. The lowest BCUT2D eigenvalue weighted by molar-refractivity contribution is -0.136. The first-order chi connectivity index (χ1) is 26.4. The average molecular weight is 750 g/mol. The van der Waals surface area contributed by atoms with Crippen LogP contribution >= 0.6 is 0 Å². The number of methoxy groups -OCH3 is 1. The minimum Gasteiger partial charge on any atom is -0.453 e. The molecule has 2 aliphatic heterocycles. The molecule has 4 aromatic rings. The molecule has 4 atom stereocenters. The molecule has 1 saturated heterocycles. The van der Waals surface area contributed by atoms with Crippen LogP contribution in [0.25, 0.3) is 33.6 Å². The quantitative estimate of drug-likeness (QED) is 0.138. The Bertz CT molecular complexity index is 2020. The van der Waals surface area contributed by atoms with E-state index in [9.17, 15) is 19.2 Å². The first-order valence-electron chi connectivity index (χ1n) is 18.8. The summed E-state index contributed by atoms with van der Waals surface area (Å²) in [5.74, 6) is 0.887. The number of nitrogens with zero attached hydrogens (tertiary/aromatic N) is 5. The SMILES string of the molecule is COC(=O)N[C@H](C(=O)N1CC=C[C@H]1c1ncc(-c2ccc(-c3ccc(-c4cnc([C@@H]5CCCN5C(=O)[C@@H](NC(=O)N(C)C)C(C)C)[nH]4)cc3)cc2)[nH]1)C(C)C. The lowest BCUT2D eigenvalue weighted by Gasteiger charge is -2.31. The van der Waals surface area contributed by atoms with Crippen molar-refractivity contribution in [2.45, 2.75) is 64.7 Å². The van der Waals surface area contributed by atoms with E-state index in [4.69, 9.17) is 9.72 Å². The van der Waals surface area contributed by atoms with Crippen molar-refractivity contribution >= 4 is 23.9 Å². The summed E-state index contributed by atoms with van der Waals surface area (Å²) in [5.41, 5.74) is 5.73. The number of aromatic amines is 2. The van der Waals surface area contributed by atoms with Gasteiger partial charge >= 0.3 is 12.1 Å². The molecular formula is C41H51N9O5. The highest BCUT2D eigenvalue weighted by Gasteiger charge is 2.38. The van der Waals surface area contributed by atoms with Crippen molar-refractivity contribution in [2.75, 3.05) is 34.3 Å². The predicted molar refractivity (Wildman–Crippen MR) is 209 cm³/mol. The molecule has 5 amide bonds. The highest BCUT2D eigenvalue weighted by Crippen LogP contribution is 2.34. The van der Waals surface area contributed by atoms with Gasteiger partial charge in [0.1, 0.15) is 29.8 Å². The van der Waals surface area contributed by atoms with Crippen molar-refractivity contribution in [1.29, 1.82) is 0 Å². The molecule has 14 heteroatoms. The van der Waals surface area contributed by atoms with Crippen LogP contribution in [0.5, 0.6) is 0 Å². The largest absolute Gasteiger partial charge is 0.453 e. The van der Waals surface area contributed by atoms with Crippen LogP contribution in [-0.4, -0.2) is 105 Å². The van der Waals surface area contributed by atoms with Crippen LogP contribution in [0.3, 0.4) is 0 Å². The normalized spacial score (nSPS) is 17.8. The Balaban J connectivity index is 1.11. The van der Waals surface area contributed by atoms with Crippen molar-refractivity contribution in [3.8, 4) is 33.6 Å². The number of carbonyl (C=O) groups excluding carboxylic acids is 4. The highest BCUT2D eigenvalue weighted by atomic mass is 16.5. The number of rotatable bonds is 11. The molecule has 1 fully saturated rings. The summed E-state index contributed by atoms with van der Waals surface area (Å²) >= 11 is 0. The van der Waals surface area contributed by atoms with E-state index in [-0.39, 0.29) is 41.8 Å². The molecule has 4 N–H and O–H groups in total. The van der Waals surface area contributed by atoms with Crippen LogP contribution < -0.4 is 10.6 Å². The summed E-state index contributed by atoms with van der Waals surface area (Å²) in [5, 5.41) is 5.55. The van der Waals surface area contributed by atoms with E-state index in [0.717, 1.165) is 52.3 Å². The lowest BCUT2D eigenvalue weighted by Crippen LogP contribution is -2.53. The van der Waals surface area contributed by atoms with Crippen LogP contribution in [0.2, 0.25) is 0 Å². The monoisotopic (exact) mass is 749 g/mol. The first-order valence-corrected chi connectivity index (χ1v) is 18.8. The second kappa shape index (κ2) is 16.6. The molecule has 2 aromatic heterocycles. The summed E-state index contributed by atoms with van der Waals surface area (Å²) in [4.78, 5) is 72.6. The van der Waals surface area contributed by atoms with Gasteiger partial charge in [-0.05, 0) is 46.9 Å². The van der Waals surface area contributed by atoms with Gasteiger partial charge in [-0.15, -0.1) is 0 Å². The Labute approximate surface area is 321 Å². The molecule has 2 aliphatic rings. The van der Waals surface area contributed by atoms with Gasteiger partial charge in [-0.2, -0.15) is 0 Å². The number of amides is 5. The maximum atomic E-state index is 13.7. The van der Waals surface area contributed by atoms with E-state index >= 15 is 0 Å². The molecule has 55 heavy (non-hydrogen) atoms. The Hall–Kier alpha value is -5.92. The van der Waals surface area contributed by atoms with Gasteiger partial charge < -0.3 is 40.0 Å². The minimum atomic E-state index is -0.726. The van der Waals surface area contributed by atoms with Gasteiger partial charge in [0.25, 0.3) is 0 Å². The maximum Gasteiger partial charge on any atom is 0.407 e. The molecule has 0 saturated carbocycles. The number of nitrogens with one attached hydrogen (secondary N) is 4. The zero-order valence-corrected chi connectivity index (χ0v) is 32.5. The summed E-state index contributed by atoms with van der Waals surface area (Å²) in [7, 11) is 4.60. The third-order valence-corrected chi connectivity index (χ3v) is 10.3. The molecular weight excluding hydrogens is 699 g/mol. The van der Waals surface area contributed by atoms with E-state index < -0.39 is 18.2 Å². The minimum absolute atomic E-state index is 0.0648. The number of alkyl carbamates (subject to hydrolysis) is 1. The molecule has 290 valence electrons. The van der Waals surface area contributed by atoms with Crippen molar-refractivity contribution in [3.05, 3.63) is 84.7 Å². The standard InChI is InChI=1S/C41H51N9O5/c1-24(2)34(46-40(53)48(5)6)38(51)49-20-8-10-32(49)36-42-22-30(44-36)28-16-12-26(13-17-28)27-14-18-29(19-15-27)31-23-43-37(45-31)33-11-9-21-50(33)39(52)35(25(3)4)47-41(54)55-7/h9,11-19,22-25,32-35H,8,10,20-21H2,1-7H3,(H,42,44)(H,43,45)(H,46,53)(H,47,54)/t32-,33-,34-,35-/m0/s1. The van der Waals surface area contributed by atoms with Crippen molar-refractivity contribution < 1.29 is 23.9 Å². The Kier molecular flexibility index (Phi) is 11.7. The maximum absolute atomic E-state index is 13.7. The number of ether oxygens (including phenoxy) is 1. The van der Waals surface area contributed by atoms with E-state index in [2.05, 4.69) is 62.0 Å². The Morgan fingerprint density at radius 3 is 1.82 bits per heavy atom. The fraction of sp³-hybridized carbons (Fsp3) is 0.415. The van der Waals surface area contributed by atoms with Gasteiger partial charge in [0.15, 0.2) is 0 Å². The molecule has 0 spiro atoms. The number of likely N-dealkylation sites (tertiary alicyclic amines) is 1. The van der Waals surface area contributed by atoms with E-state index in [1.54, 1.807) is 25.2 Å². The van der Waals surface area contributed by atoms with E-state index in [1.807, 2.05) is 63.1 Å². The molecule has 2 aromatic carbocycles. The summed E-state index contributed by atoms with van der Waals surface area (Å²) < 4.78 is 4.74. The van der Waals surface area contributed by atoms with Gasteiger partial charge in [-0.25, -0.2) is 19.6 Å². The first kappa shape index (κ1) is 38.8. The molecule has 0 aliphatic carbocycles. The fourth-order valence-electron chi connectivity index (χ4n) is 7.10. The number of aromatic nitrogens is 4. The second-order valence-electron chi connectivity index (χ2n) is 15.0. The van der Waals surface area contributed by atoms with Gasteiger partial charge in [0, 0.05) is 27.2 Å². The summed E-state index contributed by atoms with van der Waals surface area (Å²) in [6.45, 7) is 8.67. The van der Waals surface area contributed by atoms with Crippen LogP contribution in [0, 0.1) is 11.8 Å². The van der Waals surface area contributed by atoms with E-state index in [1.165, 1.54) is 12.0 Å². The molecule has 6 rings (SSSR count). The average Bonchev–Trinajstić information content (AvgIpc) is 4.02. The van der Waals surface area contributed by atoms with Gasteiger partial charge in [0.2, 0.25) is 11.8 Å². The Morgan fingerprint density at radius 1 is 0.764 bits per heavy atom. The number of imidazole rings is 2. The number of H-pyrrole nitrogens is 2. The number of hydrogen-bond donors (Lipinski definition) is 4. The van der Waals surface area contributed by atoms with Crippen molar-refractivity contribution in [2.24, 2.45) is 11.8 Å². The topological polar surface area (TPSA) is 169 Å². The Morgan fingerprint density at radius 2 is 1.27 bits per heavy atom. The molecule has 14 nitrogen and oxygen atoms in total. The molecule has 0 radical (unpaired) electrons. The fourth-order valence-corrected chi connectivity index (χ4v) is 7.10. The van der Waals surface area contributed by atoms with Crippen LogP contribution in [0.1, 0.15) is 64.3 Å². The van der Waals surface area contributed by atoms with Gasteiger partial charge in [0.05, 0.1) is 36.9 Å². The number of urea groups is 1. The summed E-state index contributed by atoms with van der Waals surface area (Å²) in [6, 6.07) is 14.2. The zero-order valence-electron chi connectivity index (χ0n) is 32.5. The third kappa shape index (κ3) is 8.43. The summed E-state index contributed by atoms with van der Waals surface area (Å²) in [6.07, 6.45) is 8.46. The highest BCUT2D eigenvalue weighted by molar-refractivity contribution is 5.88. The smallest absolute Gasteiger partial charge is 0.407 e. The third-order valence-electron chi connectivity index (χ3n) is 10.3. The van der Waals surface area contributed by atoms with Crippen LogP contribution in [0.4, 0.5) is 9.59 Å². The molecule has 0 unspecified atom stereocenters. The number of benzene rings is 2. The number of hydrogen-bond acceptors (Lipinski definition) is 7.